The molecule has 4 nitrogen and oxygen atoms in total. The first-order valence-corrected chi connectivity index (χ1v) is 8.73. The maximum absolute atomic E-state index is 6.36. The summed E-state index contributed by atoms with van der Waals surface area (Å²) in [6.07, 6.45) is 1.25. The molecule has 1 heterocycles. The summed E-state index contributed by atoms with van der Waals surface area (Å²) < 4.78 is 7.71. The predicted molar refractivity (Wildman–Crippen MR) is 82.6 cm³/mol. The Morgan fingerprint density at radius 2 is 1.72 bits per heavy atom. The highest BCUT2D eigenvalue weighted by Crippen LogP contribution is 2.75. The Labute approximate surface area is 114 Å². The zero-order valence-corrected chi connectivity index (χ0v) is 14.2. The molecule has 1 aliphatic rings. The van der Waals surface area contributed by atoms with Crippen molar-refractivity contribution in [2.75, 3.05) is 33.7 Å². The number of hydrogen-bond donors (Lipinski definition) is 1. The lowest BCUT2D eigenvalue weighted by Crippen LogP contribution is -2.59. The van der Waals surface area contributed by atoms with Crippen LogP contribution in [0.1, 0.15) is 41.0 Å². The van der Waals surface area contributed by atoms with Crippen LogP contribution in [0.25, 0.3) is 0 Å². The number of nitrogens with two attached hydrogens (primary N) is 1. The molecule has 0 aliphatic carbocycles. The first-order chi connectivity index (χ1) is 8.23. The average molecular weight is 275 g/mol. The van der Waals surface area contributed by atoms with Gasteiger partial charge in [-0.3, -0.25) is 0 Å². The van der Waals surface area contributed by atoms with Crippen molar-refractivity contribution in [3.63, 3.8) is 0 Å². The standard InChI is InChI=1S/C13H32N4P/c1-8-17(9-2)18(13(3,4)5)15(6)11-10-12(14)16(18)7/h12H,8-11,14H2,1-7H3/q+1. The molecule has 5 heteroatoms. The molecule has 0 spiro atoms. The molecule has 2 atom stereocenters. The van der Waals surface area contributed by atoms with Gasteiger partial charge in [0.25, 0.3) is 0 Å². The second kappa shape index (κ2) is 5.72. The number of hydrogen-bond acceptors (Lipinski definition) is 4. The van der Waals surface area contributed by atoms with Crippen molar-refractivity contribution >= 4 is 7.71 Å². The van der Waals surface area contributed by atoms with Gasteiger partial charge in [0.05, 0.1) is 6.17 Å². The normalized spacial score (nSPS) is 32.2. The molecule has 0 amide bonds. The van der Waals surface area contributed by atoms with Gasteiger partial charge in [0.1, 0.15) is 5.16 Å². The molecule has 0 radical (unpaired) electrons. The summed E-state index contributed by atoms with van der Waals surface area (Å²) >= 11 is 0. The molecular formula is C13H32N4P+. The molecule has 0 saturated carbocycles. The van der Waals surface area contributed by atoms with Crippen LogP contribution < -0.4 is 5.73 Å². The van der Waals surface area contributed by atoms with Gasteiger partial charge in [-0.25, -0.2) is 0 Å². The summed E-state index contributed by atoms with van der Waals surface area (Å²) in [5, 5.41) is 0.223. The van der Waals surface area contributed by atoms with E-state index in [0.29, 0.717) is 0 Å². The monoisotopic (exact) mass is 275 g/mol. The molecule has 0 bridgehead atoms. The van der Waals surface area contributed by atoms with Crippen molar-refractivity contribution < 1.29 is 0 Å². The fraction of sp³-hybridized carbons (Fsp3) is 1.00. The van der Waals surface area contributed by atoms with Crippen LogP contribution >= 0.6 is 7.71 Å². The molecule has 1 fully saturated rings. The van der Waals surface area contributed by atoms with Crippen molar-refractivity contribution in [3.8, 4) is 0 Å². The highest BCUT2D eigenvalue weighted by Gasteiger charge is 2.64. The maximum Gasteiger partial charge on any atom is 0.233 e. The van der Waals surface area contributed by atoms with E-state index in [2.05, 4.69) is 62.7 Å². The second-order valence-electron chi connectivity index (χ2n) is 6.19. The lowest BCUT2D eigenvalue weighted by molar-refractivity contribution is 0.232. The zero-order valence-electron chi connectivity index (χ0n) is 13.3. The van der Waals surface area contributed by atoms with Crippen LogP contribution in [0.3, 0.4) is 0 Å². The van der Waals surface area contributed by atoms with E-state index in [9.17, 15) is 0 Å². The lowest BCUT2D eigenvalue weighted by Gasteiger charge is -2.55. The Balaban J connectivity index is 3.32. The van der Waals surface area contributed by atoms with Gasteiger partial charge >= 0.3 is 0 Å². The molecular weight excluding hydrogens is 243 g/mol. The number of nitrogens with zero attached hydrogens (tertiary/aromatic N) is 3. The van der Waals surface area contributed by atoms with Crippen LogP contribution in [0.2, 0.25) is 0 Å². The third kappa shape index (κ3) is 2.34. The fourth-order valence-corrected chi connectivity index (χ4v) is 9.38. The van der Waals surface area contributed by atoms with Gasteiger partial charge in [0.15, 0.2) is 0 Å². The van der Waals surface area contributed by atoms with Crippen molar-refractivity contribution in [3.05, 3.63) is 0 Å². The second-order valence-corrected chi connectivity index (χ2v) is 10.5. The SMILES string of the molecule is CCN(CC)[P+]1(C(C)(C)C)N(C)CCC(N)N1C. The van der Waals surface area contributed by atoms with Gasteiger partial charge in [0, 0.05) is 33.7 Å². The number of rotatable bonds is 3. The van der Waals surface area contributed by atoms with E-state index in [0.717, 1.165) is 26.1 Å². The predicted octanol–water partition coefficient (Wildman–Crippen LogP) is 2.44. The molecule has 2 unspecified atom stereocenters. The van der Waals surface area contributed by atoms with Crippen LogP contribution in [-0.2, 0) is 0 Å². The zero-order chi connectivity index (χ0) is 14.1. The molecule has 1 aliphatic heterocycles. The van der Waals surface area contributed by atoms with Gasteiger partial charge in [0.2, 0.25) is 7.71 Å². The van der Waals surface area contributed by atoms with Crippen molar-refractivity contribution in [1.29, 1.82) is 0 Å². The summed E-state index contributed by atoms with van der Waals surface area (Å²) in [4.78, 5) is 0. The first kappa shape index (κ1) is 16.3. The molecule has 2 N–H and O–H groups in total. The molecule has 0 aromatic rings. The summed E-state index contributed by atoms with van der Waals surface area (Å²) in [7, 11) is 2.95. The van der Waals surface area contributed by atoms with E-state index < -0.39 is 7.71 Å². The summed E-state index contributed by atoms with van der Waals surface area (Å²) in [6, 6.07) is 0. The molecule has 1 saturated heterocycles. The average Bonchev–Trinajstić information content (AvgIpc) is 2.28. The minimum atomic E-state index is -1.55. The van der Waals surface area contributed by atoms with Crippen LogP contribution in [0.4, 0.5) is 0 Å². The Morgan fingerprint density at radius 3 is 2.11 bits per heavy atom. The highest BCUT2D eigenvalue weighted by molar-refractivity contribution is 7.70. The van der Waals surface area contributed by atoms with E-state index in [1.54, 1.807) is 0 Å². The van der Waals surface area contributed by atoms with Gasteiger partial charge in [-0.05, 0) is 41.0 Å². The summed E-state index contributed by atoms with van der Waals surface area (Å²) in [5.74, 6) is 0. The van der Waals surface area contributed by atoms with Gasteiger partial charge in [-0.15, -0.1) is 9.34 Å². The molecule has 18 heavy (non-hydrogen) atoms. The Morgan fingerprint density at radius 1 is 1.22 bits per heavy atom. The fourth-order valence-electron chi connectivity index (χ4n) is 3.54. The van der Waals surface area contributed by atoms with Crippen molar-refractivity contribution in [2.45, 2.75) is 52.4 Å². The third-order valence-corrected chi connectivity index (χ3v) is 9.65. The van der Waals surface area contributed by atoms with Crippen LogP contribution in [0.15, 0.2) is 0 Å². The Kier molecular flexibility index (Phi) is 5.19. The topological polar surface area (TPSA) is 35.7 Å². The minimum Gasteiger partial charge on any atom is -0.313 e. The van der Waals surface area contributed by atoms with Crippen molar-refractivity contribution in [1.82, 2.24) is 14.0 Å². The van der Waals surface area contributed by atoms with Crippen LogP contribution in [0, 0.1) is 0 Å². The lowest BCUT2D eigenvalue weighted by atomic mass is 10.3. The third-order valence-electron chi connectivity index (χ3n) is 4.17. The van der Waals surface area contributed by atoms with E-state index in [-0.39, 0.29) is 11.3 Å². The molecule has 1 rings (SSSR count). The van der Waals surface area contributed by atoms with Gasteiger partial charge in [-0.2, -0.15) is 4.67 Å². The minimum absolute atomic E-state index is 0.189. The van der Waals surface area contributed by atoms with Crippen LogP contribution in [0.5, 0.6) is 0 Å². The summed E-state index contributed by atoms with van der Waals surface area (Å²) in [5.41, 5.74) is 6.36. The maximum atomic E-state index is 6.36. The molecule has 0 aromatic heterocycles. The van der Waals surface area contributed by atoms with Gasteiger partial charge in [-0.1, -0.05) is 0 Å². The quantitative estimate of drug-likeness (QED) is 0.803. The largest absolute Gasteiger partial charge is 0.313 e. The van der Waals surface area contributed by atoms with E-state index >= 15 is 0 Å². The highest BCUT2D eigenvalue weighted by atomic mass is 31.2. The summed E-state index contributed by atoms with van der Waals surface area (Å²) in [6.45, 7) is 14.9. The Hall–Kier alpha value is 0.270. The molecule has 0 aromatic carbocycles. The smallest absolute Gasteiger partial charge is 0.233 e. The van der Waals surface area contributed by atoms with E-state index in [1.165, 1.54) is 0 Å². The Bertz CT molecular complexity index is 271. The van der Waals surface area contributed by atoms with Crippen LogP contribution in [-0.4, -0.2) is 59.1 Å². The van der Waals surface area contributed by atoms with Gasteiger partial charge < -0.3 is 5.73 Å². The first-order valence-electron chi connectivity index (χ1n) is 7.08. The van der Waals surface area contributed by atoms with E-state index in [4.69, 9.17) is 5.73 Å². The van der Waals surface area contributed by atoms with Crippen molar-refractivity contribution in [2.24, 2.45) is 5.73 Å². The van der Waals surface area contributed by atoms with E-state index in [1.807, 2.05) is 0 Å². The molecule has 108 valence electrons.